The van der Waals surface area contributed by atoms with Gasteiger partial charge in [0.1, 0.15) is 0 Å². The lowest BCUT2D eigenvalue weighted by atomic mass is 9.86. The van der Waals surface area contributed by atoms with Crippen molar-refractivity contribution in [2.24, 2.45) is 0 Å². The second kappa shape index (κ2) is 19.9. The van der Waals surface area contributed by atoms with Crippen LogP contribution in [0.25, 0.3) is 76.5 Å². The van der Waals surface area contributed by atoms with Gasteiger partial charge in [-0.25, -0.2) is 0 Å². The van der Waals surface area contributed by atoms with Crippen LogP contribution < -0.4 is 41.5 Å². The minimum Gasteiger partial charge on any atom is -0.0623 e. The van der Waals surface area contributed by atoms with Gasteiger partial charge in [0.25, 0.3) is 0 Å². The molecule has 0 N–H and O–H groups in total. The van der Waals surface area contributed by atoms with Gasteiger partial charge in [0.05, 0.1) is 0 Å². The van der Waals surface area contributed by atoms with Crippen LogP contribution in [0, 0.1) is 0 Å². The van der Waals surface area contributed by atoms with E-state index in [-0.39, 0.29) is 0 Å². The molecule has 2 heteroatoms. The summed E-state index contributed by atoms with van der Waals surface area (Å²) < 4.78 is 0. The monoisotopic (exact) mass is 1020 g/mol. The number of fused-ring (bicyclic) bond motifs is 4. The molecule has 14 rings (SSSR count). The third-order valence-corrected chi connectivity index (χ3v) is 26.3. The van der Waals surface area contributed by atoms with Gasteiger partial charge in [-0.2, -0.15) is 0 Å². The normalized spacial score (nSPS) is 11.8. The molecule has 0 bridgehead atoms. The Labute approximate surface area is 458 Å². The number of rotatable bonds is 11. The van der Waals surface area contributed by atoms with Crippen molar-refractivity contribution in [2.75, 3.05) is 0 Å². The molecule has 0 radical (unpaired) electrons. The maximum atomic E-state index is 2.47. The summed E-state index contributed by atoms with van der Waals surface area (Å²) in [7, 11) is -5.64. The van der Waals surface area contributed by atoms with E-state index in [1.54, 1.807) is 0 Å². The van der Waals surface area contributed by atoms with Crippen molar-refractivity contribution >= 4 is 101 Å². The fourth-order valence-corrected chi connectivity index (χ4v) is 23.3. The zero-order valence-corrected chi connectivity index (χ0v) is 45.2. The Bertz CT molecular complexity index is 3980. The van der Waals surface area contributed by atoms with E-state index in [1.165, 1.54) is 118 Å². The molecule has 14 aromatic carbocycles. The average Bonchev–Trinajstić information content (AvgIpc) is 3.71. The van der Waals surface area contributed by atoms with Crippen molar-refractivity contribution < 1.29 is 0 Å². The van der Waals surface area contributed by atoms with E-state index in [0.29, 0.717) is 0 Å². The van der Waals surface area contributed by atoms with E-state index >= 15 is 0 Å². The first-order chi connectivity index (χ1) is 38.7. The Kier molecular flexibility index (Phi) is 12.0. The first-order valence-electron chi connectivity index (χ1n) is 27.2. The molecular weight excluding hydrogens is 969 g/mol. The summed E-state index contributed by atoms with van der Waals surface area (Å²) >= 11 is 0. The number of benzene rings is 14. The van der Waals surface area contributed by atoms with E-state index < -0.39 is 16.1 Å². The smallest absolute Gasteiger partial charge is 0.0623 e. The molecule has 0 aliphatic rings. The van der Waals surface area contributed by atoms with Gasteiger partial charge >= 0.3 is 0 Å². The molecule has 0 nitrogen and oxygen atoms in total. The van der Waals surface area contributed by atoms with Gasteiger partial charge in [0, 0.05) is 0 Å². The van der Waals surface area contributed by atoms with Crippen molar-refractivity contribution in [1.29, 1.82) is 0 Å². The molecule has 0 saturated heterocycles. The molecule has 0 amide bonds. The van der Waals surface area contributed by atoms with Crippen LogP contribution in [-0.2, 0) is 0 Å². The van der Waals surface area contributed by atoms with E-state index in [1.807, 2.05) is 0 Å². The van der Waals surface area contributed by atoms with Crippen LogP contribution in [0.3, 0.4) is 0 Å². The lowest BCUT2D eigenvalue weighted by molar-refractivity contribution is 1.65. The molecule has 0 heterocycles. The SMILES string of the molecule is c1ccc([Si](c2ccccc2)(c2ccccc2)c2ccc(-c3ccc(-c4ccc(-c5ccc([Si](c6ccccc6)(c6ccccc6)c6ccccc6)c6ccccc56)c5ccccc45)c4ccccc34)c3ccccc23)cc1. The van der Waals surface area contributed by atoms with Crippen LogP contribution in [0.5, 0.6) is 0 Å². The molecule has 14 aromatic rings. The quantitative estimate of drug-likeness (QED) is 0.0895. The Morgan fingerprint density at radius 1 is 0.128 bits per heavy atom. The third-order valence-electron chi connectivity index (χ3n) is 16.6. The van der Waals surface area contributed by atoms with Crippen LogP contribution in [-0.4, -0.2) is 16.1 Å². The molecule has 366 valence electrons. The zero-order valence-electron chi connectivity index (χ0n) is 43.2. The molecule has 0 unspecified atom stereocenters. The Morgan fingerprint density at radius 2 is 0.282 bits per heavy atom. The summed E-state index contributed by atoms with van der Waals surface area (Å²) in [5.41, 5.74) is 7.40. The molecule has 0 saturated carbocycles. The predicted octanol–water partition coefficient (Wildman–Crippen LogP) is 14.1. The van der Waals surface area contributed by atoms with Crippen molar-refractivity contribution in [3.05, 3.63) is 328 Å². The lowest BCUT2D eigenvalue weighted by Crippen LogP contribution is -2.74. The molecule has 0 fully saturated rings. The molecule has 0 aromatic heterocycles. The summed E-state index contributed by atoms with van der Waals surface area (Å²) in [5, 5.41) is 21.1. The van der Waals surface area contributed by atoms with Gasteiger partial charge in [-0.3, -0.25) is 0 Å². The molecule has 0 aliphatic carbocycles. The van der Waals surface area contributed by atoms with Gasteiger partial charge in [0.2, 0.25) is 0 Å². The minimum atomic E-state index is -2.82. The third kappa shape index (κ3) is 7.56. The number of hydrogen-bond acceptors (Lipinski definition) is 0. The topological polar surface area (TPSA) is 0 Å². The first-order valence-corrected chi connectivity index (χ1v) is 31.2. The van der Waals surface area contributed by atoms with Gasteiger partial charge in [-0.05, 0) is 118 Å². The zero-order chi connectivity index (χ0) is 51.9. The highest BCUT2D eigenvalue weighted by atomic mass is 28.3. The van der Waals surface area contributed by atoms with Crippen LogP contribution in [0.1, 0.15) is 0 Å². The molecule has 78 heavy (non-hydrogen) atoms. The summed E-state index contributed by atoms with van der Waals surface area (Å²) in [5.74, 6) is 0. The van der Waals surface area contributed by atoms with Crippen molar-refractivity contribution in [2.45, 2.75) is 0 Å². The highest BCUT2D eigenvalue weighted by Crippen LogP contribution is 2.43. The van der Waals surface area contributed by atoms with Crippen LogP contribution in [0.4, 0.5) is 0 Å². The number of hydrogen-bond donors (Lipinski definition) is 0. The Morgan fingerprint density at radius 3 is 0.487 bits per heavy atom. The molecular formula is C76H54Si2. The Balaban J connectivity index is 0.934. The van der Waals surface area contributed by atoms with E-state index in [4.69, 9.17) is 0 Å². The first kappa shape index (κ1) is 47.0. The molecule has 0 spiro atoms. The lowest BCUT2D eigenvalue weighted by Gasteiger charge is -2.35. The van der Waals surface area contributed by atoms with Crippen molar-refractivity contribution in [3.8, 4) is 33.4 Å². The molecule has 0 atom stereocenters. The highest BCUT2D eigenvalue weighted by Gasteiger charge is 2.44. The maximum absolute atomic E-state index is 2.82. The summed E-state index contributed by atoms with van der Waals surface area (Å²) in [6, 6.07) is 123. The van der Waals surface area contributed by atoms with Gasteiger partial charge < -0.3 is 0 Å². The van der Waals surface area contributed by atoms with Crippen molar-refractivity contribution in [3.63, 3.8) is 0 Å². The fourth-order valence-electron chi connectivity index (χ4n) is 13.3. The van der Waals surface area contributed by atoms with Crippen LogP contribution in [0.2, 0.25) is 0 Å². The van der Waals surface area contributed by atoms with Crippen LogP contribution in [0.15, 0.2) is 328 Å². The molecule has 0 aliphatic heterocycles. The summed E-state index contributed by atoms with van der Waals surface area (Å²) in [6.45, 7) is 0. The minimum absolute atomic E-state index is 1.23. The van der Waals surface area contributed by atoms with Gasteiger partial charge in [0.15, 0.2) is 16.1 Å². The van der Waals surface area contributed by atoms with Crippen LogP contribution >= 0.6 is 0 Å². The van der Waals surface area contributed by atoms with E-state index in [0.717, 1.165) is 0 Å². The summed E-state index contributed by atoms with van der Waals surface area (Å²) in [6.07, 6.45) is 0. The summed E-state index contributed by atoms with van der Waals surface area (Å²) in [4.78, 5) is 0. The standard InChI is InChI=1S/C76H54Si2/c1-7-27-55(28-8-1)77(56-29-9-2-10-30-56,57-31-11-3-12-32-57)75-53-51-71(65-43-23-25-45-73(65)75)69-49-47-67(61-39-19-21-41-63(61)69)68-48-50-70(64-42-22-20-40-62(64)68)72-52-54-76(74-46-26-24-44-66(72)74)78(58-33-13-4-14-34-58,59-35-15-5-16-36-59)60-37-17-6-18-38-60/h1-54H. The van der Waals surface area contributed by atoms with Crippen molar-refractivity contribution in [1.82, 2.24) is 0 Å². The maximum Gasteiger partial charge on any atom is 0.180 e. The van der Waals surface area contributed by atoms with Gasteiger partial charge in [-0.1, -0.05) is 328 Å². The second-order valence-electron chi connectivity index (χ2n) is 20.5. The predicted molar refractivity (Wildman–Crippen MR) is 340 cm³/mol. The fraction of sp³-hybridized carbons (Fsp3) is 0. The largest absolute Gasteiger partial charge is 0.180 e. The highest BCUT2D eigenvalue weighted by molar-refractivity contribution is 7.21. The average molecular weight is 1020 g/mol. The second-order valence-corrected chi connectivity index (χ2v) is 28.1. The van der Waals surface area contributed by atoms with E-state index in [9.17, 15) is 0 Å². The van der Waals surface area contributed by atoms with Gasteiger partial charge in [-0.15, -0.1) is 0 Å². The van der Waals surface area contributed by atoms with E-state index in [2.05, 4.69) is 328 Å². The Hall–Kier alpha value is -9.45.